The van der Waals surface area contributed by atoms with E-state index in [1.807, 2.05) is 175 Å². The molecule has 49 heteroatoms. The maximum atomic E-state index is 11.4. The Morgan fingerprint density at radius 3 is 0.883 bits per heavy atom. The van der Waals surface area contributed by atoms with E-state index in [1.165, 1.54) is 0 Å². The predicted molar refractivity (Wildman–Crippen MR) is 567 cm³/mol. The molecule has 32 nitrogen and oxygen atoms in total. The Morgan fingerprint density at radius 1 is 0.275 bits per heavy atom. The number of carbonyl (C=O) groups is 14. The van der Waals surface area contributed by atoms with Crippen molar-refractivity contribution in [2.24, 2.45) is 0 Å². The van der Waals surface area contributed by atoms with Crippen LogP contribution < -0.4 is 71.8 Å². The first-order valence-electron chi connectivity index (χ1n) is 31.6. The molecule has 0 fully saturated rings. The molecule has 0 spiro atoms. The zero-order chi connectivity index (χ0) is 91.1. The van der Waals surface area contributed by atoms with Crippen LogP contribution in [0.3, 0.4) is 0 Å². The first-order chi connectivity index (χ1) is 56.1. The number of esters is 2. The van der Waals surface area contributed by atoms with Gasteiger partial charge in [-0.2, -0.15) is 0 Å². The number of halogens is 17. The molecule has 0 saturated carbocycles. The van der Waals surface area contributed by atoms with Crippen molar-refractivity contribution >= 4 is 496 Å². The smallest absolute Gasteiger partial charge is 0.411 e. The van der Waals surface area contributed by atoms with Gasteiger partial charge >= 0.3 is 36.3 Å². The van der Waals surface area contributed by atoms with Crippen molar-refractivity contribution in [3.05, 3.63) is 194 Å². The molecule has 0 saturated heterocycles. The molecule has 0 aliphatic carbocycles. The van der Waals surface area contributed by atoms with Gasteiger partial charge in [0.25, 0.3) is 0 Å². The first kappa shape index (κ1) is 116. The van der Waals surface area contributed by atoms with Gasteiger partial charge in [0.15, 0.2) is 11.5 Å². The van der Waals surface area contributed by atoms with Crippen LogP contribution in [0.1, 0.15) is 44.9 Å². The second kappa shape index (κ2) is 64.9. The Morgan fingerprint density at radius 2 is 0.575 bits per heavy atom. The van der Waals surface area contributed by atoms with Crippen molar-refractivity contribution in [1.29, 1.82) is 0 Å². The van der Waals surface area contributed by atoms with E-state index in [2.05, 4.69) is 334 Å². The van der Waals surface area contributed by atoms with Crippen LogP contribution in [0, 0.1) is 60.7 Å². The van der Waals surface area contributed by atoms with Crippen molar-refractivity contribution in [2.45, 2.75) is 44.9 Å². The number of amides is 5. The van der Waals surface area contributed by atoms with E-state index in [1.54, 1.807) is 24.3 Å². The summed E-state index contributed by atoms with van der Waals surface area (Å²) in [6.45, 7) is -0.540. The zero-order valence-corrected chi connectivity index (χ0v) is 96.1. The molecule has 5 amide bonds. The molecule has 0 aromatic heterocycles. The lowest BCUT2D eigenvalue weighted by Crippen LogP contribution is -2.25. The molecule has 120 heavy (non-hydrogen) atoms. The summed E-state index contributed by atoms with van der Waals surface area (Å²) in [5, 5.41) is 83.6. The zero-order valence-electron chi connectivity index (χ0n) is 59.4. The molecule has 7 aromatic carbocycles. The van der Waals surface area contributed by atoms with E-state index in [9.17, 15) is 103 Å². The van der Waals surface area contributed by atoms with Crippen LogP contribution in [0.25, 0.3) is 0 Å². The molecule has 0 aliphatic heterocycles. The Labute approximate surface area is 915 Å². The lowest BCUT2D eigenvalue weighted by Gasteiger charge is -2.09. The van der Waals surface area contributed by atoms with E-state index in [0.29, 0.717) is 52.1 Å². The van der Waals surface area contributed by atoms with Gasteiger partial charge in [-0.1, -0.05) is 6.07 Å². The van der Waals surface area contributed by atoms with E-state index in [0.717, 1.165) is 72.8 Å². The molecule has 0 bridgehead atoms. The van der Waals surface area contributed by atoms with Gasteiger partial charge in [0.1, 0.15) is 0 Å². The normalized spacial score (nSPS) is 10.0. The SMILES string of the molecule is O=C([O-])/C=C\C(=O)Oc1c(I)cc(I)cc1I.O=C([O-])/C=C\C(=O)Oc1c(I)cc(I)cc1I.O=C([O-])CCC(=O)Nc1cc(I)c(I)c(I)c1.O=C([O-])CCCOC(=O)Nc1cccc(I)c1.O=C([O-])CCOC(=O)Nc1cc(I)c(I)c(I)c1.O=C([O-])CCOC(=O)Nc1cc(I)c(I)c(I)c1.O=C([O-])CCOC(=O)Nc1ccc(I)cc1. The largest absolute Gasteiger partial charge is 0.550 e. The number of nitrogens with one attached hydrogen (secondary N) is 5. The van der Waals surface area contributed by atoms with E-state index < -0.39 is 78.1 Å². The standard InChI is InChI=1S/C11H12INO4.2C10H8I3NO4.C10H8I3NO3.2C10H5I3O4.C10H10INO4/c12-8-3-1-4-9(7-8)13-11(16)17-6-2-5-10(14)15;2*11-6-3-5(4-7(12)9(6)13)14-10(17)18-2-1-8(15)16;11-6-3-5(4-7(12)10(6)13)14-8(15)1-2-9(16)17;2*11-5-3-6(12)10(7(13)4-5)17-9(16)2-1-8(14)15;11-7-1-3-8(4-2-7)12-10(15)16-6-5-9(13)14/h1,3-4,7H,2,5-6H2,(H,13,16)(H,14,15);2*3-4H,1-2H2,(H,14,17)(H,15,16);3-4H,1-2H2,(H,14,15)(H,16,17);2*1-4H,(H,14,15);1-4H,5-6H2,(H,12,15)(H,13,14)/p-7/b;;;;2*2-1-;. The van der Waals surface area contributed by atoms with Gasteiger partial charge in [-0.25, -0.2) is 28.8 Å². The molecule has 0 unspecified atom stereocenters. The summed E-state index contributed by atoms with van der Waals surface area (Å²) >= 11 is 36.5. The van der Waals surface area contributed by atoms with Crippen molar-refractivity contribution in [3.8, 4) is 11.5 Å². The number of carboxylic acids is 7. The highest BCUT2D eigenvalue weighted by molar-refractivity contribution is 14.1. The van der Waals surface area contributed by atoms with Crippen molar-refractivity contribution in [1.82, 2.24) is 0 Å². The highest BCUT2D eigenvalue weighted by atomic mass is 127. The molecular weight excluding hydrogens is 3510 g/mol. The lowest BCUT2D eigenvalue weighted by molar-refractivity contribution is -0.307. The fourth-order valence-electron chi connectivity index (χ4n) is 6.89. The van der Waals surface area contributed by atoms with Crippen LogP contribution in [0.2, 0.25) is 0 Å². The minimum absolute atomic E-state index is 0.0593. The van der Waals surface area contributed by atoms with Gasteiger partial charge in [0, 0.05) is 143 Å². The number of hydrogen-bond acceptors (Lipinski definition) is 27. The van der Waals surface area contributed by atoms with E-state index >= 15 is 0 Å². The van der Waals surface area contributed by atoms with Crippen LogP contribution in [0.5, 0.6) is 11.5 Å². The number of ether oxygens (including phenoxy) is 6. The third-order valence-electron chi connectivity index (χ3n) is 11.9. The maximum Gasteiger partial charge on any atom is 0.411 e. The third-order valence-corrected chi connectivity index (χ3v) is 32.5. The second-order valence-corrected chi connectivity index (χ2v) is 41.0. The Hall–Kier alpha value is -1.79. The third kappa shape index (κ3) is 55.8. The molecule has 646 valence electrons. The minimum Gasteiger partial charge on any atom is -0.550 e. The number of anilines is 5. The van der Waals surface area contributed by atoms with Gasteiger partial charge in [-0.15, -0.1) is 0 Å². The molecule has 5 N–H and O–H groups in total. The second-order valence-electron chi connectivity index (χ2n) is 21.1. The number of carbonyl (C=O) groups excluding carboxylic acids is 14. The summed E-state index contributed by atoms with van der Waals surface area (Å²) in [6.07, 6.45) is -0.835. The van der Waals surface area contributed by atoms with E-state index in [-0.39, 0.29) is 77.3 Å². The maximum absolute atomic E-state index is 11.4. The molecule has 0 radical (unpaired) electrons. The summed E-state index contributed by atoms with van der Waals surface area (Å²) in [7, 11) is 0. The minimum atomic E-state index is -1.44. The molecule has 7 aromatic rings. The summed E-state index contributed by atoms with van der Waals surface area (Å²) in [5.41, 5.74) is 3.15. The monoisotopic (exact) mass is 3560 g/mol. The fraction of sp³-hybridized carbons (Fsp3) is 0.155. The van der Waals surface area contributed by atoms with Crippen LogP contribution in [-0.2, 0) is 66.9 Å². The highest BCUT2D eigenvalue weighted by Gasteiger charge is 2.16. The van der Waals surface area contributed by atoms with Crippen molar-refractivity contribution in [3.63, 3.8) is 0 Å². The molecule has 7 rings (SSSR count). The van der Waals surface area contributed by atoms with Crippen LogP contribution >= 0.6 is 384 Å². The molecule has 0 aliphatic rings. The predicted octanol–water partition coefficient (Wildman–Crippen LogP) is 12.1. The van der Waals surface area contributed by atoms with Gasteiger partial charge in [0.2, 0.25) is 5.91 Å². The van der Waals surface area contributed by atoms with Crippen molar-refractivity contribution < 1.29 is 131 Å². The van der Waals surface area contributed by atoms with Gasteiger partial charge in [0.05, 0.1) is 52.6 Å². The van der Waals surface area contributed by atoms with Gasteiger partial charge in [-0.3, -0.25) is 26.1 Å². The molecule has 0 atom stereocenters. The number of rotatable bonds is 27. The average molecular weight is 3560 g/mol. The quantitative estimate of drug-likeness (QED) is 0.00607. The Bertz CT molecular complexity index is 4580. The van der Waals surface area contributed by atoms with E-state index in [4.69, 9.17) is 14.2 Å². The first-order valence-corrected chi connectivity index (χ1v) is 50.0. The van der Waals surface area contributed by atoms with Gasteiger partial charge in [-0.05, 0) is 519 Å². The van der Waals surface area contributed by atoms with Crippen LogP contribution in [-0.4, -0.2) is 110 Å². The summed E-state index contributed by atoms with van der Waals surface area (Å²) in [4.78, 5) is 150. The van der Waals surface area contributed by atoms with Gasteiger partial charge < -0.3 is 103 Å². The number of hydrogen-bond donors (Lipinski definition) is 5. The summed E-state index contributed by atoms with van der Waals surface area (Å²) < 4.78 is 45.7. The Kier molecular flexibility index (Phi) is 62.8. The molecular formula is C71H49I17N5O27-7. The summed E-state index contributed by atoms with van der Waals surface area (Å²) in [5.74, 6) is -9.93. The number of benzene rings is 7. The Balaban J connectivity index is 0.000000700. The lowest BCUT2D eigenvalue weighted by atomic mass is 10.2. The average Bonchev–Trinajstić information content (AvgIpc) is 0.849. The highest BCUT2D eigenvalue weighted by Crippen LogP contribution is 2.33. The topological polar surface area (TPSA) is 516 Å². The molecule has 0 heterocycles. The van der Waals surface area contributed by atoms with Crippen molar-refractivity contribution in [2.75, 3.05) is 53.0 Å². The summed E-state index contributed by atoms with van der Waals surface area (Å²) in [6, 6.07) is 32.7. The number of aliphatic carboxylic acids is 7. The number of carboxylic acid groups (broad SMARTS) is 7. The van der Waals surface area contributed by atoms with Crippen LogP contribution in [0.15, 0.2) is 133 Å². The fourth-order valence-corrected chi connectivity index (χ4v) is 21.6. The van der Waals surface area contributed by atoms with Crippen LogP contribution in [0.4, 0.5) is 47.6 Å².